The highest BCUT2D eigenvalue weighted by Gasteiger charge is 2.48. The molecule has 3 aromatic heterocycles. The van der Waals surface area contributed by atoms with Gasteiger partial charge in [-0.05, 0) is 61.4 Å². The van der Waals surface area contributed by atoms with E-state index in [1.807, 2.05) is 54.6 Å². The number of unbranched alkanes of at least 4 members (excludes halogenated alkanes) is 3. The Hall–Kier alpha value is -4.70. The number of rotatable bonds is 10. The standard InChI is InChI=1S/C33H32N4O5S/c1-4-5-6-9-18-42-22-13-11-21(12-14-22)29-27(30(38)28-20(2)34-26-10-7-8-17-36(26)28)31(39)32(40)37(29)33-35-24-16-15-23(41-3)19-25(24)43-33/h7-8,10-17,19,29,38H,4-6,9,18H2,1-3H3/b30-27+. The summed E-state index contributed by atoms with van der Waals surface area (Å²) in [5.41, 5.74) is 2.80. The van der Waals surface area contributed by atoms with Crippen molar-refractivity contribution in [2.45, 2.75) is 45.6 Å². The van der Waals surface area contributed by atoms with Crippen molar-refractivity contribution in [3.8, 4) is 11.5 Å². The highest BCUT2D eigenvalue weighted by Crippen LogP contribution is 2.45. The molecule has 43 heavy (non-hydrogen) atoms. The maximum absolute atomic E-state index is 13.8. The minimum Gasteiger partial charge on any atom is -0.505 e. The molecule has 2 aromatic carbocycles. The number of hydrogen-bond acceptors (Lipinski definition) is 8. The van der Waals surface area contributed by atoms with Crippen LogP contribution in [0.1, 0.15) is 55.6 Å². The summed E-state index contributed by atoms with van der Waals surface area (Å²) in [6.45, 7) is 4.55. The Kier molecular flexibility index (Phi) is 7.86. The molecular weight excluding hydrogens is 564 g/mol. The predicted octanol–water partition coefficient (Wildman–Crippen LogP) is 6.85. The van der Waals surface area contributed by atoms with Gasteiger partial charge in [-0.3, -0.25) is 18.9 Å². The zero-order valence-corrected chi connectivity index (χ0v) is 25.1. The summed E-state index contributed by atoms with van der Waals surface area (Å²) in [5, 5.41) is 12.1. The van der Waals surface area contributed by atoms with E-state index in [4.69, 9.17) is 14.5 Å². The molecule has 1 amide bonds. The number of anilines is 1. The number of methoxy groups -OCH3 is 1. The average Bonchev–Trinajstić information content (AvgIpc) is 3.67. The maximum Gasteiger partial charge on any atom is 0.301 e. The van der Waals surface area contributed by atoms with Gasteiger partial charge in [0.1, 0.15) is 22.8 Å². The van der Waals surface area contributed by atoms with Crippen LogP contribution >= 0.6 is 11.3 Å². The average molecular weight is 597 g/mol. The molecule has 1 fully saturated rings. The number of ether oxygens (including phenoxy) is 2. The van der Waals surface area contributed by atoms with Gasteiger partial charge in [-0.25, -0.2) is 9.97 Å². The van der Waals surface area contributed by atoms with Crippen LogP contribution in [0, 0.1) is 6.92 Å². The van der Waals surface area contributed by atoms with Gasteiger partial charge in [0.25, 0.3) is 5.78 Å². The van der Waals surface area contributed by atoms with E-state index in [0.717, 1.165) is 24.0 Å². The lowest BCUT2D eigenvalue weighted by molar-refractivity contribution is -0.132. The summed E-state index contributed by atoms with van der Waals surface area (Å²) in [6.07, 6.45) is 6.17. The van der Waals surface area contributed by atoms with Gasteiger partial charge in [0.2, 0.25) is 0 Å². The van der Waals surface area contributed by atoms with Gasteiger partial charge in [-0.2, -0.15) is 0 Å². The van der Waals surface area contributed by atoms with E-state index < -0.39 is 17.7 Å². The second kappa shape index (κ2) is 11.9. The molecule has 10 heteroatoms. The van der Waals surface area contributed by atoms with Crippen molar-refractivity contribution < 1.29 is 24.2 Å². The lowest BCUT2D eigenvalue weighted by Gasteiger charge is -2.23. The SMILES string of the molecule is CCCCCCOc1ccc(C2/C(=C(\O)c3c(C)nc4ccccn34)C(=O)C(=O)N2c2nc3ccc(OC)cc3s2)cc1. The molecule has 6 rings (SSSR count). The van der Waals surface area contributed by atoms with E-state index in [0.29, 0.717) is 51.4 Å². The van der Waals surface area contributed by atoms with Gasteiger partial charge in [0.05, 0.1) is 41.2 Å². The number of pyridine rings is 1. The fraction of sp³-hybridized carbons (Fsp3) is 0.273. The number of aromatic nitrogens is 3. The summed E-state index contributed by atoms with van der Waals surface area (Å²) in [5.74, 6) is -0.487. The second-order valence-electron chi connectivity index (χ2n) is 10.5. The van der Waals surface area contributed by atoms with Crippen LogP contribution in [0.4, 0.5) is 5.13 Å². The number of aliphatic hydroxyl groups excluding tert-OH is 1. The smallest absolute Gasteiger partial charge is 0.301 e. The lowest BCUT2D eigenvalue weighted by Crippen LogP contribution is -2.29. The number of imidazole rings is 1. The van der Waals surface area contributed by atoms with Crippen LogP contribution in [0.5, 0.6) is 11.5 Å². The number of aryl methyl sites for hydroxylation is 1. The Balaban J connectivity index is 1.46. The van der Waals surface area contributed by atoms with Crippen LogP contribution in [0.15, 0.2) is 72.4 Å². The third-order valence-corrected chi connectivity index (χ3v) is 8.64. The van der Waals surface area contributed by atoms with Crippen molar-refractivity contribution in [1.29, 1.82) is 0 Å². The molecule has 0 aliphatic carbocycles. The molecule has 4 heterocycles. The molecule has 220 valence electrons. The van der Waals surface area contributed by atoms with Gasteiger partial charge >= 0.3 is 5.91 Å². The Morgan fingerprint density at radius 1 is 1.00 bits per heavy atom. The van der Waals surface area contributed by atoms with Gasteiger partial charge in [-0.1, -0.05) is 55.7 Å². The largest absolute Gasteiger partial charge is 0.505 e. The Morgan fingerprint density at radius 2 is 1.79 bits per heavy atom. The first kappa shape index (κ1) is 28.4. The Labute approximate surface area is 253 Å². The van der Waals surface area contributed by atoms with Crippen molar-refractivity contribution in [3.63, 3.8) is 0 Å². The molecule has 5 aromatic rings. The number of nitrogens with zero attached hydrogens (tertiary/aromatic N) is 4. The number of fused-ring (bicyclic) bond motifs is 2. The van der Waals surface area contributed by atoms with Gasteiger partial charge in [0.15, 0.2) is 10.9 Å². The first-order valence-corrected chi connectivity index (χ1v) is 15.1. The van der Waals surface area contributed by atoms with Crippen molar-refractivity contribution in [2.24, 2.45) is 0 Å². The van der Waals surface area contributed by atoms with E-state index in [9.17, 15) is 14.7 Å². The normalized spacial score (nSPS) is 16.4. The number of carbonyl (C=O) groups is 2. The quantitative estimate of drug-likeness (QED) is 0.0814. The van der Waals surface area contributed by atoms with E-state index >= 15 is 0 Å². The van der Waals surface area contributed by atoms with E-state index in [1.54, 1.807) is 30.7 Å². The van der Waals surface area contributed by atoms with Gasteiger partial charge in [0, 0.05) is 6.20 Å². The number of benzene rings is 2. The molecule has 1 unspecified atom stereocenters. The molecule has 1 atom stereocenters. The first-order valence-electron chi connectivity index (χ1n) is 14.3. The molecule has 1 aliphatic rings. The zero-order valence-electron chi connectivity index (χ0n) is 24.2. The zero-order chi connectivity index (χ0) is 30.1. The van der Waals surface area contributed by atoms with Crippen LogP contribution in [-0.4, -0.2) is 44.9 Å². The van der Waals surface area contributed by atoms with Crippen molar-refractivity contribution in [3.05, 3.63) is 89.4 Å². The van der Waals surface area contributed by atoms with E-state index in [2.05, 4.69) is 11.9 Å². The Morgan fingerprint density at radius 3 is 2.56 bits per heavy atom. The molecule has 1 aliphatic heterocycles. The molecule has 0 saturated carbocycles. The second-order valence-corrected chi connectivity index (χ2v) is 11.5. The molecule has 1 saturated heterocycles. The number of aliphatic hydroxyl groups is 1. The first-order chi connectivity index (χ1) is 20.9. The molecule has 0 spiro atoms. The monoisotopic (exact) mass is 596 g/mol. The summed E-state index contributed by atoms with van der Waals surface area (Å²) in [6, 6.07) is 17.3. The molecule has 9 nitrogen and oxygen atoms in total. The van der Waals surface area contributed by atoms with Crippen LogP contribution in [0.3, 0.4) is 0 Å². The minimum absolute atomic E-state index is 0.0242. The molecule has 0 radical (unpaired) electrons. The minimum atomic E-state index is -0.922. The maximum atomic E-state index is 13.8. The van der Waals surface area contributed by atoms with Gasteiger partial charge < -0.3 is 14.6 Å². The fourth-order valence-corrected chi connectivity index (χ4v) is 6.48. The summed E-state index contributed by atoms with van der Waals surface area (Å²) in [7, 11) is 1.59. The van der Waals surface area contributed by atoms with Crippen LogP contribution in [0.2, 0.25) is 0 Å². The summed E-state index contributed by atoms with van der Waals surface area (Å²) in [4.78, 5) is 38.1. The Bertz CT molecular complexity index is 1860. The van der Waals surface area contributed by atoms with Crippen molar-refractivity contribution >= 4 is 49.8 Å². The third-order valence-electron chi connectivity index (χ3n) is 7.63. The molecular formula is C33H32N4O5S. The molecule has 1 N–H and O–H groups in total. The molecule has 0 bridgehead atoms. The lowest BCUT2D eigenvalue weighted by atomic mass is 9.96. The highest BCUT2D eigenvalue weighted by atomic mass is 32.1. The number of carbonyl (C=O) groups excluding carboxylic acids is 2. The fourth-order valence-electron chi connectivity index (χ4n) is 5.46. The van der Waals surface area contributed by atoms with Crippen molar-refractivity contribution in [1.82, 2.24) is 14.4 Å². The summed E-state index contributed by atoms with van der Waals surface area (Å²) >= 11 is 1.28. The summed E-state index contributed by atoms with van der Waals surface area (Å²) < 4.78 is 13.8. The number of hydrogen-bond donors (Lipinski definition) is 1. The highest BCUT2D eigenvalue weighted by molar-refractivity contribution is 7.22. The number of ketones is 1. The van der Waals surface area contributed by atoms with E-state index in [1.165, 1.54) is 22.7 Å². The van der Waals surface area contributed by atoms with Crippen LogP contribution in [-0.2, 0) is 9.59 Å². The topological polar surface area (TPSA) is 106 Å². The van der Waals surface area contributed by atoms with Gasteiger partial charge in [-0.15, -0.1) is 0 Å². The number of Topliss-reactive ketones (excluding diaryl/α,β-unsaturated/α-hetero) is 1. The third kappa shape index (κ3) is 5.23. The van der Waals surface area contributed by atoms with Crippen LogP contribution < -0.4 is 14.4 Å². The number of amides is 1. The van der Waals surface area contributed by atoms with E-state index in [-0.39, 0.29) is 11.3 Å². The predicted molar refractivity (Wildman–Crippen MR) is 167 cm³/mol. The van der Waals surface area contributed by atoms with Crippen molar-refractivity contribution in [2.75, 3.05) is 18.6 Å². The number of thiazole rings is 1. The van der Waals surface area contributed by atoms with Crippen LogP contribution in [0.25, 0.3) is 21.6 Å².